The van der Waals surface area contributed by atoms with Crippen LogP contribution in [-0.2, 0) is 6.54 Å². The van der Waals surface area contributed by atoms with Gasteiger partial charge in [-0.05, 0) is 51.3 Å². The lowest BCUT2D eigenvalue weighted by Gasteiger charge is -2.35. The topological polar surface area (TPSA) is 68.8 Å². The zero-order chi connectivity index (χ0) is 18.9. The molecule has 0 aliphatic carbocycles. The normalized spacial score (nSPS) is 16.6. The zero-order valence-electron chi connectivity index (χ0n) is 16.5. The third-order valence-electron chi connectivity index (χ3n) is 4.81. The van der Waals surface area contributed by atoms with Crippen LogP contribution in [-0.4, -0.2) is 55.5 Å². The van der Waals surface area contributed by atoms with E-state index in [2.05, 4.69) is 41.6 Å². The minimum absolute atomic E-state index is 0.0669. The predicted octanol–water partition coefficient (Wildman–Crippen LogP) is 1.97. The number of amides is 1. The van der Waals surface area contributed by atoms with E-state index in [1.807, 2.05) is 24.3 Å². The Kier molecular flexibility index (Phi) is 7.91. The van der Waals surface area contributed by atoms with E-state index in [0.717, 1.165) is 44.0 Å². The number of nitrogens with one attached hydrogen (secondary N) is 3. The van der Waals surface area contributed by atoms with Crippen LogP contribution in [0.1, 0.15) is 49.5 Å². The summed E-state index contributed by atoms with van der Waals surface area (Å²) in [4.78, 5) is 18.8. The van der Waals surface area contributed by atoms with E-state index in [0.29, 0.717) is 24.2 Å². The van der Waals surface area contributed by atoms with Crippen LogP contribution < -0.4 is 16.0 Å². The monoisotopic (exact) mass is 359 g/mol. The molecule has 1 aromatic carbocycles. The first-order valence-corrected chi connectivity index (χ1v) is 9.63. The van der Waals surface area contributed by atoms with Gasteiger partial charge in [0.1, 0.15) is 0 Å². The molecule has 1 aliphatic heterocycles. The van der Waals surface area contributed by atoms with E-state index in [1.54, 1.807) is 7.05 Å². The van der Waals surface area contributed by atoms with Crippen LogP contribution in [0.25, 0.3) is 0 Å². The lowest BCUT2D eigenvalue weighted by Crippen LogP contribution is -2.49. The molecule has 0 bridgehead atoms. The van der Waals surface area contributed by atoms with Crippen LogP contribution in [0.4, 0.5) is 0 Å². The van der Waals surface area contributed by atoms with Gasteiger partial charge in [-0.2, -0.15) is 0 Å². The van der Waals surface area contributed by atoms with Crippen LogP contribution in [0, 0.1) is 0 Å². The van der Waals surface area contributed by atoms with Crippen molar-refractivity contribution in [1.82, 2.24) is 20.9 Å². The first-order chi connectivity index (χ1) is 12.5. The molecule has 1 aromatic rings. The van der Waals surface area contributed by atoms with Crippen LogP contribution in [0.15, 0.2) is 29.3 Å². The van der Waals surface area contributed by atoms with Gasteiger partial charge in [0.15, 0.2) is 5.96 Å². The van der Waals surface area contributed by atoms with Crippen molar-refractivity contribution in [1.29, 1.82) is 0 Å². The Morgan fingerprint density at radius 3 is 2.42 bits per heavy atom. The van der Waals surface area contributed by atoms with Gasteiger partial charge in [-0.15, -0.1) is 0 Å². The number of nitrogens with zero attached hydrogens (tertiary/aromatic N) is 2. The van der Waals surface area contributed by atoms with Crippen LogP contribution in [0.2, 0.25) is 0 Å². The molecule has 1 fully saturated rings. The van der Waals surface area contributed by atoms with E-state index in [9.17, 15) is 4.79 Å². The highest BCUT2D eigenvalue weighted by molar-refractivity contribution is 5.93. The minimum atomic E-state index is -0.0669. The number of hydrogen-bond acceptors (Lipinski definition) is 3. The third-order valence-corrected chi connectivity index (χ3v) is 4.81. The number of carbonyl (C=O) groups excluding carboxylic acids is 1. The van der Waals surface area contributed by atoms with Crippen molar-refractivity contribution in [2.75, 3.05) is 26.7 Å². The Hall–Kier alpha value is -2.08. The quantitative estimate of drug-likeness (QED) is 0.537. The second-order valence-electron chi connectivity index (χ2n) is 7.02. The van der Waals surface area contributed by atoms with Gasteiger partial charge >= 0.3 is 0 Å². The van der Waals surface area contributed by atoms with Gasteiger partial charge in [-0.1, -0.05) is 12.1 Å². The largest absolute Gasteiger partial charge is 0.357 e. The maximum atomic E-state index is 11.6. The maximum Gasteiger partial charge on any atom is 0.251 e. The van der Waals surface area contributed by atoms with Gasteiger partial charge in [0.05, 0.1) is 6.54 Å². The van der Waals surface area contributed by atoms with Gasteiger partial charge < -0.3 is 20.9 Å². The number of likely N-dealkylation sites (tertiary alicyclic amines) is 1. The lowest BCUT2D eigenvalue weighted by atomic mass is 10.0. The number of piperidine rings is 1. The van der Waals surface area contributed by atoms with Crippen molar-refractivity contribution in [2.24, 2.45) is 4.99 Å². The van der Waals surface area contributed by atoms with E-state index < -0.39 is 0 Å². The Labute approximate surface area is 157 Å². The standard InChI is InChI=1S/C20H33N5O/c1-5-22-20(24-18-10-12-25(13-11-18)15(2)3)23-14-16-6-8-17(9-7-16)19(26)21-4/h6-9,15,18H,5,10-14H2,1-4H3,(H,21,26)(H2,22,23,24). The fourth-order valence-corrected chi connectivity index (χ4v) is 3.15. The van der Waals surface area contributed by atoms with Crippen LogP contribution >= 0.6 is 0 Å². The summed E-state index contributed by atoms with van der Waals surface area (Å²) in [5.41, 5.74) is 1.76. The van der Waals surface area contributed by atoms with E-state index in [-0.39, 0.29) is 5.91 Å². The Bertz CT molecular complexity index is 589. The summed E-state index contributed by atoms with van der Waals surface area (Å²) < 4.78 is 0. The summed E-state index contributed by atoms with van der Waals surface area (Å²) in [5.74, 6) is 0.800. The molecule has 0 radical (unpaired) electrons. The SMILES string of the molecule is CCNC(=NCc1ccc(C(=O)NC)cc1)NC1CCN(C(C)C)CC1. The highest BCUT2D eigenvalue weighted by Gasteiger charge is 2.21. The third kappa shape index (κ3) is 6.02. The number of hydrogen-bond donors (Lipinski definition) is 3. The van der Waals surface area contributed by atoms with Crippen molar-refractivity contribution in [3.63, 3.8) is 0 Å². The van der Waals surface area contributed by atoms with Crippen molar-refractivity contribution in [2.45, 2.75) is 52.2 Å². The molecule has 0 atom stereocenters. The second-order valence-corrected chi connectivity index (χ2v) is 7.02. The lowest BCUT2D eigenvalue weighted by molar-refractivity contribution is 0.0963. The van der Waals surface area contributed by atoms with E-state index >= 15 is 0 Å². The Balaban J connectivity index is 1.91. The van der Waals surface area contributed by atoms with Crippen molar-refractivity contribution in [3.05, 3.63) is 35.4 Å². The fraction of sp³-hybridized carbons (Fsp3) is 0.600. The van der Waals surface area contributed by atoms with Gasteiger partial charge in [0.2, 0.25) is 0 Å². The number of rotatable bonds is 6. The van der Waals surface area contributed by atoms with E-state index in [1.165, 1.54) is 0 Å². The maximum absolute atomic E-state index is 11.6. The molecule has 1 amide bonds. The molecule has 0 saturated carbocycles. The molecule has 3 N–H and O–H groups in total. The summed E-state index contributed by atoms with van der Waals surface area (Å²) >= 11 is 0. The minimum Gasteiger partial charge on any atom is -0.357 e. The molecule has 1 heterocycles. The summed E-state index contributed by atoms with van der Waals surface area (Å²) in [6, 6.07) is 8.68. The van der Waals surface area contributed by atoms with Gasteiger partial charge in [0.25, 0.3) is 5.91 Å². The molecule has 144 valence electrons. The Morgan fingerprint density at radius 2 is 1.88 bits per heavy atom. The molecule has 1 aliphatic rings. The number of benzene rings is 1. The summed E-state index contributed by atoms with van der Waals surface area (Å²) in [7, 11) is 1.64. The van der Waals surface area contributed by atoms with Crippen LogP contribution in [0.3, 0.4) is 0 Å². The average molecular weight is 360 g/mol. The smallest absolute Gasteiger partial charge is 0.251 e. The number of aliphatic imine (C=N–C) groups is 1. The van der Waals surface area contributed by atoms with E-state index in [4.69, 9.17) is 4.99 Å². The number of guanidine groups is 1. The molecular formula is C20H33N5O. The summed E-state index contributed by atoms with van der Waals surface area (Å²) in [6.45, 7) is 10.3. The fourth-order valence-electron chi connectivity index (χ4n) is 3.15. The molecule has 6 heteroatoms. The molecule has 6 nitrogen and oxygen atoms in total. The first-order valence-electron chi connectivity index (χ1n) is 9.63. The zero-order valence-corrected chi connectivity index (χ0v) is 16.5. The van der Waals surface area contributed by atoms with Crippen molar-refractivity contribution < 1.29 is 4.79 Å². The van der Waals surface area contributed by atoms with Gasteiger partial charge in [-0.25, -0.2) is 4.99 Å². The molecule has 0 spiro atoms. The van der Waals surface area contributed by atoms with Gasteiger partial charge in [0, 0.05) is 44.3 Å². The van der Waals surface area contributed by atoms with Gasteiger partial charge in [-0.3, -0.25) is 4.79 Å². The van der Waals surface area contributed by atoms with Crippen molar-refractivity contribution in [3.8, 4) is 0 Å². The molecule has 0 unspecified atom stereocenters. The molecular weight excluding hydrogens is 326 g/mol. The molecule has 2 rings (SSSR count). The predicted molar refractivity (Wildman–Crippen MR) is 108 cm³/mol. The molecule has 26 heavy (non-hydrogen) atoms. The van der Waals surface area contributed by atoms with Crippen LogP contribution in [0.5, 0.6) is 0 Å². The summed E-state index contributed by atoms with van der Waals surface area (Å²) in [6.07, 6.45) is 2.28. The number of carbonyl (C=O) groups is 1. The average Bonchev–Trinajstić information content (AvgIpc) is 2.66. The highest BCUT2D eigenvalue weighted by atomic mass is 16.1. The van der Waals surface area contributed by atoms with Crippen molar-refractivity contribution >= 4 is 11.9 Å². The first kappa shape index (κ1) is 20.2. The molecule has 1 saturated heterocycles. The highest BCUT2D eigenvalue weighted by Crippen LogP contribution is 2.13. The second kappa shape index (κ2) is 10.2. The molecule has 0 aromatic heterocycles. The summed E-state index contributed by atoms with van der Waals surface area (Å²) in [5, 5.41) is 9.54. The Morgan fingerprint density at radius 1 is 1.23 bits per heavy atom.